The van der Waals surface area contributed by atoms with Crippen LogP contribution in [-0.4, -0.2) is 68.9 Å². The van der Waals surface area contributed by atoms with Crippen LogP contribution in [0.2, 0.25) is 0 Å². The number of ether oxygens (including phenoxy) is 3. The van der Waals surface area contributed by atoms with Gasteiger partial charge in [-0.2, -0.15) is 0 Å². The lowest BCUT2D eigenvalue weighted by Crippen LogP contribution is -2.46. The lowest BCUT2D eigenvalue weighted by molar-refractivity contribution is 0.270. The minimum absolute atomic E-state index is 0.559. The number of methoxy groups -OCH3 is 3. The Balaban J connectivity index is 1.84. The number of likely N-dealkylation sites (N-methyl/N-ethyl adjacent to an activating group) is 1. The molecule has 1 aliphatic heterocycles. The molecule has 28 heavy (non-hydrogen) atoms. The Morgan fingerprint density at radius 3 is 2.11 bits per heavy atom. The van der Waals surface area contributed by atoms with Crippen LogP contribution in [0.25, 0.3) is 0 Å². The van der Waals surface area contributed by atoms with Crippen molar-refractivity contribution in [3.63, 3.8) is 0 Å². The van der Waals surface area contributed by atoms with Crippen LogP contribution >= 0.6 is 0 Å². The van der Waals surface area contributed by atoms with E-state index in [-0.39, 0.29) is 0 Å². The molecule has 8 heteroatoms. The van der Waals surface area contributed by atoms with Crippen LogP contribution in [0.4, 0.5) is 17.3 Å². The molecule has 1 fully saturated rings. The Labute approximate surface area is 166 Å². The molecule has 0 bridgehead atoms. The van der Waals surface area contributed by atoms with Crippen LogP contribution in [0.3, 0.4) is 0 Å². The van der Waals surface area contributed by atoms with E-state index >= 15 is 0 Å². The summed E-state index contributed by atoms with van der Waals surface area (Å²) in [7, 11) is 4.79. The number of hydrogen-bond donors (Lipinski definition) is 1. The summed E-state index contributed by atoms with van der Waals surface area (Å²) in [5.74, 6) is 4.14. The first kappa shape index (κ1) is 20.0. The largest absolute Gasteiger partial charge is 0.493 e. The second-order valence-corrected chi connectivity index (χ2v) is 6.62. The molecule has 0 saturated carbocycles. The Morgan fingerprint density at radius 1 is 0.929 bits per heavy atom. The molecule has 8 nitrogen and oxygen atoms in total. The molecule has 1 aromatic carbocycles. The van der Waals surface area contributed by atoms with Crippen LogP contribution in [-0.2, 0) is 0 Å². The smallest absolute Gasteiger partial charge is 0.203 e. The second-order valence-electron chi connectivity index (χ2n) is 6.62. The summed E-state index contributed by atoms with van der Waals surface area (Å²) in [6, 6.07) is 5.70. The number of hydrogen-bond acceptors (Lipinski definition) is 8. The molecule has 1 aromatic heterocycles. The number of rotatable bonds is 7. The summed E-state index contributed by atoms with van der Waals surface area (Å²) < 4.78 is 16.2. The number of nitrogens with one attached hydrogen (secondary N) is 1. The normalized spacial score (nSPS) is 14.7. The Kier molecular flexibility index (Phi) is 6.41. The molecule has 0 aliphatic carbocycles. The molecule has 0 amide bonds. The van der Waals surface area contributed by atoms with E-state index in [1.54, 1.807) is 21.3 Å². The SMILES string of the molecule is CCN1CCN(c2cc(Nc3cc(OC)c(OC)c(OC)c3)nc(C)n2)CC1. The van der Waals surface area contributed by atoms with Crippen molar-refractivity contribution >= 4 is 17.3 Å². The lowest BCUT2D eigenvalue weighted by atomic mass is 10.2. The van der Waals surface area contributed by atoms with Gasteiger partial charge in [0.05, 0.1) is 21.3 Å². The van der Waals surface area contributed by atoms with Crippen molar-refractivity contribution in [2.45, 2.75) is 13.8 Å². The van der Waals surface area contributed by atoms with Crippen molar-refractivity contribution in [2.24, 2.45) is 0 Å². The highest BCUT2D eigenvalue weighted by Crippen LogP contribution is 2.40. The number of benzene rings is 1. The monoisotopic (exact) mass is 387 g/mol. The first-order valence-electron chi connectivity index (χ1n) is 9.48. The molecule has 1 saturated heterocycles. The lowest BCUT2D eigenvalue weighted by Gasteiger charge is -2.34. The second kappa shape index (κ2) is 8.97. The minimum Gasteiger partial charge on any atom is -0.493 e. The van der Waals surface area contributed by atoms with Crippen LogP contribution in [0.1, 0.15) is 12.7 Å². The van der Waals surface area contributed by atoms with Crippen molar-refractivity contribution in [1.29, 1.82) is 0 Å². The van der Waals surface area contributed by atoms with E-state index in [1.807, 2.05) is 25.1 Å². The van der Waals surface area contributed by atoms with Gasteiger partial charge in [-0.05, 0) is 13.5 Å². The van der Waals surface area contributed by atoms with Crippen molar-refractivity contribution in [3.05, 3.63) is 24.0 Å². The van der Waals surface area contributed by atoms with Gasteiger partial charge < -0.3 is 29.3 Å². The summed E-state index contributed by atoms with van der Waals surface area (Å²) in [5, 5.41) is 3.34. The third-order valence-corrected chi connectivity index (χ3v) is 4.91. The van der Waals surface area contributed by atoms with Gasteiger partial charge in [-0.1, -0.05) is 6.92 Å². The molecule has 0 radical (unpaired) electrons. The predicted molar refractivity (Wildman–Crippen MR) is 110 cm³/mol. The molecule has 152 valence electrons. The Morgan fingerprint density at radius 2 is 1.57 bits per heavy atom. The number of anilines is 3. The predicted octanol–water partition coefficient (Wildman–Crippen LogP) is 2.70. The van der Waals surface area contributed by atoms with Gasteiger partial charge in [0, 0.05) is 50.1 Å². The van der Waals surface area contributed by atoms with Gasteiger partial charge in [0.2, 0.25) is 5.75 Å². The van der Waals surface area contributed by atoms with Gasteiger partial charge in [0.25, 0.3) is 0 Å². The van der Waals surface area contributed by atoms with Crippen molar-refractivity contribution < 1.29 is 14.2 Å². The van der Waals surface area contributed by atoms with E-state index in [4.69, 9.17) is 14.2 Å². The zero-order chi connectivity index (χ0) is 20.1. The van der Waals surface area contributed by atoms with Gasteiger partial charge >= 0.3 is 0 Å². The zero-order valence-electron chi connectivity index (χ0n) is 17.3. The van der Waals surface area contributed by atoms with E-state index in [1.165, 1.54) is 0 Å². The number of piperazine rings is 1. The molecule has 1 aliphatic rings. The van der Waals surface area contributed by atoms with Gasteiger partial charge in [0.1, 0.15) is 17.5 Å². The van der Waals surface area contributed by atoms with Crippen LogP contribution in [0.5, 0.6) is 17.2 Å². The van der Waals surface area contributed by atoms with E-state index in [0.29, 0.717) is 17.2 Å². The highest BCUT2D eigenvalue weighted by Gasteiger charge is 2.18. The minimum atomic E-state index is 0.559. The average Bonchev–Trinajstić information content (AvgIpc) is 2.72. The van der Waals surface area contributed by atoms with Crippen LogP contribution in [0.15, 0.2) is 18.2 Å². The van der Waals surface area contributed by atoms with Crippen LogP contribution in [0, 0.1) is 6.92 Å². The molecule has 1 N–H and O–H groups in total. The van der Waals surface area contributed by atoms with Gasteiger partial charge in [0.15, 0.2) is 11.5 Å². The van der Waals surface area contributed by atoms with E-state index in [0.717, 1.165) is 55.9 Å². The van der Waals surface area contributed by atoms with Crippen molar-refractivity contribution in [1.82, 2.24) is 14.9 Å². The maximum atomic E-state index is 5.43. The fourth-order valence-corrected chi connectivity index (χ4v) is 3.37. The summed E-state index contributed by atoms with van der Waals surface area (Å²) in [4.78, 5) is 13.9. The number of aryl methyl sites for hydroxylation is 1. The molecular formula is C20H29N5O3. The third-order valence-electron chi connectivity index (χ3n) is 4.91. The topological polar surface area (TPSA) is 72.0 Å². The Hall–Kier alpha value is -2.74. The first-order chi connectivity index (χ1) is 13.6. The van der Waals surface area contributed by atoms with E-state index in [9.17, 15) is 0 Å². The quantitative estimate of drug-likeness (QED) is 0.778. The third kappa shape index (κ3) is 4.39. The molecule has 0 spiro atoms. The molecule has 0 atom stereocenters. The standard InChI is InChI=1S/C20H29N5O3/c1-6-24-7-9-25(10-8-24)19-13-18(21-14(2)22-19)23-15-11-16(26-3)20(28-5)17(12-15)27-4/h11-13H,6-10H2,1-5H3,(H,21,22,23). The summed E-state index contributed by atoms with van der Waals surface area (Å²) in [6.45, 7) is 9.23. The average molecular weight is 387 g/mol. The fraction of sp³-hybridized carbons (Fsp3) is 0.500. The van der Waals surface area contributed by atoms with Crippen molar-refractivity contribution in [3.8, 4) is 17.2 Å². The van der Waals surface area contributed by atoms with Crippen LogP contribution < -0.4 is 24.4 Å². The maximum absolute atomic E-state index is 5.43. The molecular weight excluding hydrogens is 358 g/mol. The molecule has 3 rings (SSSR count). The zero-order valence-corrected chi connectivity index (χ0v) is 17.3. The van der Waals surface area contributed by atoms with Crippen molar-refractivity contribution in [2.75, 3.05) is 64.3 Å². The van der Waals surface area contributed by atoms with Gasteiger partial charge in [-0.3, -0.25) is 0 Å². The Bertz CT molecular complexity index is 781. The molecule has 2 aromatic rings. The summed E-state index contributed by atoms with van der Waals surface area (Å²) in [6.07, 6.45) is 0. The first-order valence-corrected chi connectivity index (χ1v) is 9.48. The van der Waals surface area contributed by atoms with Gasteiger partial charge in [-0.25, -0.2) is 9.97 Å². The number of nitrogens with zero attached hydrogens (tertiary/aromatic N) is 4. The fourth-order valence-electron chi connectivity index (χ4n) is 3.37. The highest BCUT2D eigenvalue weighted by molar-refractivity contribution is 5.67. The maximum Gasteiger partial charge on any atom is 0.203 e. The summed E-state index contributed by atoms with van der Waals surface area (Å²) >= 11 is 0. The number of aromatic nitrogens is 2. The highest BCUT2D eigenvalue weighted by atomic mass is 16.5. The molecule has 2 heterocycles. The molecule has 0 unspecified atom stereocenters. The van der Waals surface area contributed by atoms with E-state index < -0.39 is 0 Å². The summed E-state index contributed by atoms with van der Waals surface area (Å²) in [5.41, 5.74) is 0.800. The van der Waals surface area contributed by atoms with E-state index in [2.05, 4.69) is 32.0 Å². The van der Waals surface area contributed by atoms with Gasteiger partial charge in [-0.15, -0.1) is 0 Å².